The minimum Gasteiger partial charge on any atom is -0.309 e. The van der Waals surface area contributed by atoms with Crippen LogP contribution < -0.4 is 0 Å². The summed E-state index contributed by atoms with van der Waals surface area (Å²) >= 11 is 5.42. The SMILES string of the molecule is Brc1ccc(-c2cccc(-c3ccc4c5ccccc5n(-c5ccc6c(c5)sc5ccccc56)c4c3)c2)cc1. The first-order valence-corrected chi connectivity index (χ1v) is 14.7. The normalized spacial score (nSPS) is 11.7. The molecule has 0 N–H and O–H groups in total. The minimum atomic E-state index is 1.09. The molecule has 0 bridgehead atoms. The molecule has 0 aliphatic rings. The third-order valence-corrected chi connectivity index (χ3v) is 9.33. The van der Waals surface area contributed by atoms with E-state index in [2.05, 4.69) is 154 Å². The van der Waals surface area contributed by atoms with Gasteiger partial charge in [-0.05, 0) is 70.8 Å². The fourth-order valence-electron chi connectivity index (χ4n) is 5.80. The lowest BCUT2D eigenvalue weighted by Crippen LogP contribution is -1.93. The summed E-state index contributed by atoms with van der Waals surface area (Å²) in [4.78, 5) is 0. The molecule has 1 nitrogen and oxygen atoms in total. The first-order valence-electron chi connectivity index (χ1n) is 13.0. The lowest BCUT2D eigenvalue weighted by Gasteiger charge is -2.10. The molecular weight excluding hydrogens is 558 g/mol. The Bertz CT molecular complexity index is 2180. The van der Waals surface area contributed by atoms with Crippen molar-refractivity contribution >= 4 is 69.2 Å². The Balaban J connectivity index is 1.33. The van der Waals surface area contributed by atoms with E-state index in [1.807, 2.05) is 11.3 Å². The molecule has 0 unspecified atom stereocenters. The molecule has 0 aliphatic carbocycles. The zero-order valence-electron chi connectivity index (χ0n) is 20.9. The van der Waals surface area contributed by atoms with E-state index in [0.29, 0.717) is 0 Å². The highest BCUT2D eigenvalue weighted by molar-refractivity contribution is 9.10. The minimum absolute atomic E-state index is 1.09. The van der Waals surface area contributed by atoms with Gasteiger partial charge in [-0.2, -0.15) is 0 Å². The van der Waals surface area contributed by atoms with E-state index < -0.39 is 0 Å². The van der Waals surface area contributed by atoms with E-state index in [1.165, 1.54) is 69.9 Å². The topological polar surface area (TPSA) is 4.93 Å². The molecule has 2 aromatic heterocycles. The second-order valence-corrected chi connectivity index (χ2v) is 12.0. The van der Waals surface area contributed by atoms with Crippen LogP contribution in [0, 0.1) is 0 Å². The van der Waals surface area contributed by atoms with E-state index in [-0.39, 0.29) is 0 Å². The van der Waals surface area contributed by atoms with Gasteiger partial charge in [0.05, 0.1) is 11.0 Å². The van der Waals surface area contributed by atoms with Crippen LogP contribution in [-0.2, 0) is 0 Å². The van der Waals surface area contributed by atoms with Crippen molar-refractivity contribution in [1.82, 2.24) is 4.57 Å². The van der Waals surface area contributed by atoms with Crippen molar-refractivity contribution in [3.05, 3.63) is 138 Å². The van der Waals surface area contributed by atoms with Crippen molar-refractivity contribution in [2.45, 2.75) is 0 Å². The third-order valence-electron chi connectivity index (χ3n) is 7.67. The summed E-state index contributed by atoms with van der Waals surface area (Å²) in [6.45, 7) is 0. The second-order valence-electron chi connectivity index (χ2n) is 9.95. The number of halogens is 1. The van der Waals surface area contributed by atoms with Crippen LogP contribution in [0.25, 0.3) is 69.9 Å². The molecule has 8 aromatic rings. The summed E-state index contributed by atoms with van der Waals surface area (Å²) in [6.07, 6.45) is 0. The molecule has 0 amide bonds. The molecule has 0 aliphatic heterocycles. The largest absolute Gasteiger partial charge is 0.309 e. The van der Waals surface area contributed by atoms with Gasteiger partial charge < -0.3 is 4.57 Å². The Labute approximate surface area is 238 Å². The van der Waals surface area contributed by atoms with E-state index in [4.69, 9.17) is 0 Å². The van der Waals surface area contributed by atoms with Gasteiger partial charge in [0, 0.05) is 41.1 Å². The first-order chi connectivity index (χ1) is 19.2. The van der Waals surface area contributed by atoms with Crippen molar-refractivity contribution in [3.8, 4) is 27.9 Å². The van der Waals surface area contributed by atoms with Gasteiger partial charge in [-0.15, -0.1) is 11.3 Å². The number of para-hydroxylation sites is 1. The third kappa shape index (κ3) is 3.73. The van der Waals surface area contributed by atoms with E-state index in [0.717, 1.165) is 4.47 Å². The molecule has 6 aromatic carbocycles. The number of hydrogen-bond acceptors (Lipinski definition) is 1. The molecule has 8 rings (SSSR count). The fraction of sp³-hybridized carbons (Fsp3) is 0. The molecule has 3 heteroatoms. The van der Waals surface area contributed by atoms with Crippen LogP contribution in [-0.4, -0.2) is 4.57 Å². The molecule has 0 saturated carbocycles. The highest BCUT2D eigenvalue weighted by Gasteiger charge is 2.15. The van der Waals surface area contributed by atoms with Gasteiger partial charge in [-0.3, -0.25) is 0 Å². The van der Waals surface area contributed by atoms with Crippen LogP contribution in [0.15, 0.2) is 138 Å². The standard InChI is InChI=1S/C36H22BrNS/c37-27-15-12-23(13-16-27)24-6-5-7-25(20-24)26-14-18-30-29-8-1-3-10-33(29)38(34(30)21-26)28-17-19-32-31-9-2-4-11-35(31)39-36(32)22-28/h1-22H. The maximum absolute atomic E-state index is 3.55. The molecule has 0 radical (unpaired) electrons. The summed E-state index contributed by atoms with van der Waals surface area (Å²) < 4.78 is 6.17. The number of aromatic nitrogens is 1. The zero-order chi connectivity index (χ0) is 25.9. The van der Waals surface area contributed by atoms with Gasteiger partial charge in [0.2, 0.25) is 0 Å². The Hall–Kier alpha value is -4.18. The van der Waals surface area contributed by atoms with Gasteiger partial charge in [0.15, 0.2) is 0 Å². The lowest BCUT2D eigenvalue weighted by atomic mass is 9.98. The number of nitrogens with zero attached hydrogens (tertiary/aromatic N) is 1. The Morgan fingerprint density at radius 3 is 1.95 bits per heavy atom. The molecule has 184 valence electrons. The number of fused-ring (bicyclic) bond motifs is 6. The molecule has 0 fully saturated rings. The summed E-state index contributed by atoms with van der Waals surface area (Å²) in [5, 5.41) is 5.21. The van der Waals surface area contributed by atoms with Crippen LogP contribution in [0.2, 0.25) is 0 Å². The summed E-state index contributed by atoms with van der Waals surface area (Å²) in [6, 6.07) is 48.6. The summed E-state index contributed by atoms with van der Waals surface area (Å²) in [5.41, 5.74) is 8.52. The van der Waals surface area contributed by atoms with Crippen molar-refractivity contribution in [2.24, 2.45) is 0 Å². The number of thiophene rings is 1. The van der Waals surface area contributed by atoms with E-state index >= 15 is 0 Å². The van der Waals surface area contributed by atoms with Crippen LogP contribution in [0.1, 0.15) is 0 Å². The van der Waals surface area contributed by atoms with Crippen LogP contribution in [0.3, 0.4) is 0 Å². The molecule has 0 atom stereocenters. The molecule has 0 spiro atoms. The maximum Gasteiger partial charge on any atom is 0.0547 e. The molecular formula is C36H22BrNS. The van der Waals surface area contributed by atoms with E-state index in [1.54, 1.807) is 0 Å². The van der Waals surface area contributed by atoms with Crippen molar-refractivity contribution in [2.75, 3.05) is 0 Å². The van der Waals surface area contributed by atoms with Crippen molar-refractivity contribution < 1.29 is 0 Å². The summed E-state index contributed by atoms with van der Waals surface area (Å²) in [5.74, 6) is 0. The van der Waals surface area contributed by atoms with E-state index in [9.17, 15) is 0 Å². The maximum atomic E-state index is 3.55. The van der Waals surface area contributed by atoms with Crippen LogP contribution >= 0.6 is 27.3 Å². The van der Waals surface area contributed by atoms with Gasteiger partial charge in [-0.25, -0.2) is 0 Å². The lowest BCUT2D eigenvalue weighted by molar-refractivity contribution is 1.19. The number of hydrogen-bond donors (Lipinski definition) is 0. The monoisotopic (exact) mass is 579 g/mol. The number of rotatable bonds is 3. The Kier molecular flexibility index (Phi) is 5.22. The predicted molar refractivity (Wildman–Crippen MR) is 172 cm³/mol. The van der Waals surface area contributed by atoms with Gasteiger partial charge in [0.25, 0.3) is 0 Å². The van der Waals surface area contributed by atoms with Gasteiger partial charge in [0.1, 0.15) is 0 Å². The first kappa shape index (κ1) is 22.8. The average molecular weight is 581 g/mol. The average Bonchev–Trinajstić information content (AvgIpc) is 3.52. The van der Waals surface area contributed by atoms with Crippen molar-refractivity contribution in [3.63, 3.8) is 0 Å². The second kappa shape index (κ2) is 8.94. The Morgan fingerprint density at radius 2 is 1.08 bits per heavy atom. The zero-order valence-corrected chi connectivity index (χ0v) is 23.3. The summed E-state index contributed by atoms with van der Waals surface area (Å²) in [7, 11) is 0. The highest BCUT2D eigenvalue weighted by Crippen LogP contribution is 2.39. The molecule has 2 heterocycles. The smallest absolute Gasteiger partial charge is 0.0547 e. The van der Waals surface area contributed by atoms with Crippen LogP contribution in [0.5, 0.6) is 0 Å². The quantitative estimate of drug-likeness (QED) is 0.196. The van der Waals surface area contributed by atoms with Crippen molar-refractivity contribution in [1.29, 1.82) is 0 Å². The molecule has 39 heavy (non-hydrogen) atoms. The van der Waals surface area contributed by atoms with Gasteiger partial charge in [-0.1, -0.05) is 101 Å². The Morgan fingerprint density at radius 1 is 0.436 bits per heavy atom. The predicted octanol–water partition coefficient (Wildman–Crippen LogP) is 11.2. The fourth-order valence-corrected chi connectivity index (χ4v) is 7.21. The number of benzene rings is 6. The van der Waals surface area contributed by atoms with Gasteiger partial charge >= 0.3 is 0 Å². The molecule has 0 saturated heterocycles. The highest BCUT2D eigenvalue weighted by atomic mass is 79.9. The van der Waals surface area contributed by atoms with Crippen LogP contribution in [0.4, 0.5) is 0 Å².